The van der Waals surface area contributed by atoms with Crippen LogP contribution in [0.25, 0.3) is 0 Å². The monoisotopic (exact) mass is 207 g/mol. The van der Waals surface area contributed by atoms with Crippen molar-refractivity contribution in [2.45, 2.75) is 19.3 Å². The molecular weight excluding hydrogens is 190 g/mol. The molecule has 0 aromatic rings. The third kappa shape index (κ3) is 3.25. The van der Waals surface area contributed by atoms with Crippen LogP contribution in [0.15, 0.2) is 0 Å². The standard InChI is InChI=1S/C8H17NO3S/c1-13(11,12)9-5-4-8(7-9)3-2-6-10/h8,10H,2-7H2,1H3. The molecule has 0 aliphatic carbocycles. The zero-order chi connectivity index (χ0) is 9.90. The maximum absolute atomic E-state index is 11.1. The Hall–Kier alpha value is -0.130. The number of hydrogen-bond donors (Lipinski definition) is 1. The highest BCUT2D eigenvalue weighted by molar-refractivity contribution is 7.88. The Kier molecular flexibility index (Phi) is 3.70. The van der Waals surface area contributed by atoms with Crippen molar-refractivity contribution >= 4 is 10.0 Å². The summed E-state index contributed by atoms with van der Waals surface area (Å²) in [6.45, 7) is 1.49. The molecule has 1 rings (SSSR count). The third-order valence-corrected chi connectivity index (χ3v) is 3.76. The summed E-state index contributed by atoms with van der Waals surface area (Å²) in [5.74, 6) is 0.446. The molecule has 4 nitrogen and oxygen atoms in total. The van der Waals surface area contributed by atoms with E-state index < -0.39 is 10.0 Å². The first-order valence-electron chi connectivity index (χ1n) is 4.60. The van der Waals surface area contributed by atoms with Gasteiger partial charge >= 0.3 is 0 Å². The van der Waals surface area contributed by atoms with Gasteiger partial charge in [-0.05, 0) is 25.2 Å². The van der Waals surface area contributed by atoms with E-state index in [0.29, 0.717) is 19.0 Å². The first-order chi connectivity index (χ1) is 6.04. The molecule has 78 valence electrons. The van der Waals surface area contributed by atoms with E-state index in [1.54, 1.807) is 0 Å². The van der Waals surface area contributed by atoms with Crippen LogP contribution < -0.4 is 0 Å². The van der Waals surface area contributed by atoms with Gasteiger partial charge in [0.05, 0.1) is 6.26 Å². The first-order valence-corrected chi connectivity index (χ1v) is 6.45. The van der Waals surface area contributed by atoms with Crippen LogP contribution in [-0.2, 0) is 10.0 Å². The molecule has 1 fully saturated rings. The highest BCUT2D eigenvalue weighted by Gasteiger charge is 2.27. The number of nitrogens with zero attached hydrogens (tertiary/aromatic N) is 1. The first kappa shape index (κ1) is 10.9. The minimum absolute atomic E-state index is 0.204. The molecule has 0 amide bonds. The number of sulfonamides is 1. The molecule has 1 saturated heterocycles. The van der Waals surface area contributed by atoms with Crippen molar-refractivity contribution in [1.82, 2.24) is 4.31 Å². The summed E-state index contributed by atoms with van der Waals surface area (Å²) in [7, 11) is -2.99. The fourth-order valence-corrected chi connectivity index (χ4v) is 2.63. The lowest BCUT2D eigenvalue weighted by atomic mass is 10.0. The third-order valence-electron chi connectivity index (χ3n) is 2.49. The van der Waals surface area contributed by atoms with Crippen LogP contribution in [0.3, 0.4) is 0 Å². The van der Waals surface area contributed by atoms with Crippen LogP contribution in [-0.4, -0.2) is 43.8 Å². The van der Waals surface area contributed by atoms with Crippen molar-refractivity contribution in [3.63, 3.8) is 0 Å². The predicted molar refractivity (Wildman–Crippen MR) is 50.8 cm³/mol. The molecule has 1 heterocycles. The molecule has 0 aromatic heterocycles. The van der Waals surface area contributed by atoms with E-state index in [4.69, 9.17) is 5.11 Å². The molecule has 0 bridgehead atoms. The van der Waals surface area contributed by atoms with Gasteiger partial charge in [0.1, 0.15) is 0 Å². The van der Waals surface area contributed by atoms with E-state index in [1.807, 2.05) is 0 Å². The average molecular weight is 207 g/mol. The topological polar surface area (TPSA) is 57.6 Å². The maximum Gasteiger partial charge on any atom is 0.211 e. The molecule has 0 aromatic carbocycles. The van der Waals surface area contributed by atoms with E-state index in [-0.39, 0.29) is 6.61 Å². The molecule has 5 heteroatoms. The lowest BCUT2D eigenvalue weighted by Gasteiger charge is -2.12. The Morgan fingerprint density at radius 2 is 2.23 bits per heavy atom. The SMILES string of the molecule is CS(=O)(=O)N1CCC(CCCO)C1. The number of aliphatic hydroxyl groups excluding tert-OH is 1. The molecular formula is C8H17NO3S. The fraction of sp³-hybridized carbons (Fsp3) is 1.00. The molecule has 1 aliphatic heterocycles. The van der Waals surface area contributed by atoms with Crippen molar-refractivity contribution < 1.29 is 13.5 Å². The van der Waals surface area contributed by atoms with Gasteiger partial charge in [0.25, 0.3) is 0 Å². The summed E-state index contributed by atoms with van der Waals surface area (Å²) in [5, 5.41) is 8.62. The predicted octanol–water partition coefficient (Wildman–Crippen LogP) is 0.0404. The summed E-state index contributed by atoms with van der Waals surface area (Å²) in [6, 6.07) is 0. The molecule has 0 radical (unpaired) electrons. The normalized spacial score (nSPS) is 25.2. The second-order valence-corrected chi connectivity index (χ2v) is 5.62. The van der Waals surface area contributed by atoms with Crippen molar-refractivity contribution in [2.24, 2.45) is 5.92 Å². The summed E-state index contributed by atoms with van der Waals surface area (Å²) >= 11 is 0. The van der Waals surface area contributed by atoms with Crippen LogP contribution in [0.5, 0.6) is 0 Å². The van der Waals surface area contributed by atoms with Gasteiger partial charge in [-0.2, -0.15) is 0 Å². The van der Waals surface area contributed by atoms with Crippen LogP contribution in [0.4, 0.5) is 0 Å². The Balaban J connectivity index is 2.37. The van der Waals surface area contributed by atoms with E-state index >= 15 is 0 Å². The van der Waals surface area contributed by atoms with Crippen molar-refractivity contribution in [2.75, 3.05) is 26.0 Å². The summed E-state index contributed by atoms with van der Waals surface area (Å²) < 4.78 is 23.8. The Morgan fingerprint density at radius 1 is 1.54 bits per heavy atom. The number of hydrogen-bond acceptors (Lipinski definition) is 3. The van der Waals surface area contributed by atoms with E-state index in [0.717, 1.165) is 19.3 Å². The van der Waals surface area contributed by atoms with Crippen LogP contribution in [0.2, 0.25) is 0 Å². The van der Waals surface area contributed by atoms with Crippen LogP contribution in [0.1, 0.15) is 19.3 Å². The fourth-order valence-electron chi connectivity index (χ4n) is 1.71. The molecule has 1 unspecified atom stereocenters. The Labute approximate surface area is 79.6 Å². The second-order valence-electron chi connectivity index (χ2n) is 3.64. The van der Waals surface area contributed by atoms with Crippen LogP contribution in [0, 0.1) is 5.92 Å². The summed E-state index contributed by atoms with van der Waals surface area (Å²) in [4.78, 5) is 0. The summed E-state index contributed by atoms with van der Waals surface area (Å²) in [6.07, 6.45) is 3.90. The smallest absolute Gasteiger partial charge is 0.211 e. The van der Waals surface area contributed by atoms with Gasteiger partial charge in [0, 0.05) is 19.7 Å². The van der Waals surface area contributed by atoms with Gasteiger partial charge in [-0.15, -0.1) is 0 Å². The molecule has 13 heavy (non-hydrogen) atoms. The lowest BCUT2D eigenvalue weighted by molar-refractivity contribution is 0.272. The average Bonchev–Trinajstić information content (AvgIpc) is 2.47. The number of rotatable bonds is 4. The Morgan fingerprint density at radius 3 is 2.69 bits per heavy atom. The Bertz CT molecular complexity index is 250. The quantitative estimate of drug-likeness (QED) is 0.708. The highest BCUT2D eigenvalue weighted by atomic mass is 32.2. The zero-order valence-electron chi connectivity index (χ0n) is 7.94. The van der Waals surface area contributed by atoms with Gasteiger partial charge in [0.15, 0.2) is 0 Å². The zero-order valence-corrected chi connectivity index (χ0v) is 8.76. The van der Waals surface area contributed by atoms with Gasteiger partial charge in [-0.25, -0.2) is 12.7 Å². The molecule has 1 atom stereocenters. The van der Waals surface area contributed by atoms with Gasteiger partial charge in [-0.3, -0.25) is 0 Å². The van der Waals surface area contributed by atoms with E-state index in [2.05, 4.69) is 0 Å². The molecule has 0 spiro atoms. The number of aliphatic hydroxyl groups is 1. The largest absolute Gasteiger partial charge is 0.396 e. The van der Waals surface area contributed by atoms with Crippen molar-refractivity contribution in [1.29, 1.82) is 0 Å². The van der Waals surface area contributed by atoms with Gasteiger partial charge in [-0.1, -0.05) is 0 Å². The van der Waals surface area contributed by atoms with Crippen LogP contribution >= 0.6 is 0 Å². The van der Waals surface area contributed by atoms with Gasteiger partial charge < -0.3 is 5.11 Å². The van der Waals surface area contributed by atoms with Crippen molar-refractivity contribution in [3.8, 4) is 0 Å². The van der Waals surface area contributed by atoms with Crippen molar-refractivity contribution in [3.05, 3.63) is 0 Å². The van der Waals surface area contributed by atoms with Gasteiger partial charge in [0.2, 0.25) is 10.0 Å². The minimum Gasteiger partial charge on any atom is -0.396 e. The second kappa shape index (κ2) is 4.39. The lowest BCUT2D eigenvalue weighted by Crippen LogP contribution is -2.27. The molecule has 1 N–H and O–H groups in total. The minimum atomic E-state index is -2.99. The highest BCUT2D eigenvalue weighted by Crippen LogP contribution is 2.22. The summed E-state index contributed by atoms with van der Waals surface area (Å²) in [5.41, 5.74) is 0. The molecule has 1 aliphatic rings. The molecule has 0 saturated carbocycles. The maximum atomic E-state index is 11.1. The van der Waals surface area contributed by atoms with E-state index in [9.17, 15) is 8.42 Å². The van der Waals surface area contributed by atoms with E-state index in [1.165, 1.54) is 10.6 Å².